The Bertz CT molecular complexity index is 1410. The lowest BCUT2D eigenvalue weighted by molar-refractivity contribution is -0.137. The molecular formula is C25H25F3N2O4S. The van der Waals surface area contributed by atoms with Crippen LogP contribution in [0.4, 0.5) is 13.2 Å². The van der Waals surface area contributed by atoms with Crippen LogP contribution >= 0.6 is 0 Å². The van der Waals surface area contributed by atoms with Crippen molar-refractivity contribution in [3.8, 4) is 11.1 Å². The standard InChI is InChI=1S/C25H25F3N2O4S/c1-4-12-30-15-21(24(32)29-14-17-8-10-20(11-9-17)35(3,33)34)23(31)22(16(30)2)18-6-5-7-19(13-18)25(26,27)28/h5-11,13,15H,4,12,14H2,1-3H3,(H,29,32). The molecule has 186 valence electrons. The molecule has 0 aliphatic heterocycles. The van der Waals surface area contributed by atoms with Gasteiger partial charge in [-0.3, -0.25) is 9.59 Å². The van der Waals surface area contributed by atoms with Crippen LogP contribution in [0.5, 0.6) is 0 Å². The maximum atomic E-state index is 13.3. The number of nitrogens with zero attached hydrogens (tertiary/aromatic N) is 1. The van der Waals surface area contributed by atoms with Crippen molar-refractivity contribution in [3.63, 3.8) is 0 Å². The summed E-state index contributed by atoms with van der Waals surface area (Å²) in [5, 5.41) is 2.64. The molecule has 6 nitrogen and oxygen atoms in total. The molecule has 0 fully saturated rings. The van der Waals surface area contributed by atoms with E-state index in [1.165, 1.54) is 30.5 Å². The number of carbonyl (C=O) groups is 1. The zero-order valence-corrected chi connectivity index (χ0v) is 20.3. The summed E-state index contributed by atoms with van der Waals surface area (Å²) in [5.74, 6) is -0.680. The van der Waals surface area contributed by atoms with E-state index in [-0.39, 0.29) is 28.1 Å². The molecule has 0 aliphatic rings. The van der Waals surface area contributed by atoms with Crippen molar-refractivity contribution in [2.45, 2.75) is 44.4 Å². The molecule has 3 rings (SSSR count). The number of benzene rings is 2. The Morgan fingerprint density at radius 3 is 2.31 bits per heavy atom. The minimum absolute atomic E-state index is 0.0306. The van der Waals surface area contributed by atoms with Gasteiger partial charge in [0.05, 0.1) is 10.5 Å². The van der Waals surface area contributed by atoms with Gasteiger partial charge in [-0.1, -0.05) is 31.2 Å². The van der Waals surface area contributed by atoms with Crippen LogP contribution in [0, 0.1) is 6.92 Å². The molecule has 0 bridgehead atoms. The van der Waals surface area contributed by atoms with E-state index in [1.54, 1.807) is 23.6 Å². The molecule has 0 aliphatic carbocycles. The molecular weight excluding hydrogens is 481 g/mol. The van der Waals surface area contributed by atoms with Crippen LogP contribution in [0.3, 0.4) is 0 Å². The van der Waals surface area contributed by atoms with E-state index in [4.69, 9.17) is 0 Å². The highest BCUT2D eigenvalue weighted by Gasteiger charge is 2.31. The number of carbonyl (C=O) groups excluding carboxylic acids is 1. The third kappa shape index (κ3) is 6.00. The Kier molecular flexibility index (Phi) is 7.54. The Morgan fingerprint density at radius 1 is 1.09 bits per heavy atom. The molecule has 2 aromatic carbocycles. The van der Waals surface area contributed by atoms with E-state index in [1.807, 2.05) is 6.92 Å². The Balaban J connectivity index is 1.99. The molecule has 1 N–H and O–H groups in total. The molecule has 1 aromatic heterocycles. The summed E-state index contributed by atoms with van der Waals surface area (Å²) in [6.07, 6.45) is -1.39. The lowest BCUT2D eigenvalue weighted by Crippen LogP contribution is -2.31. The molecule has 3 aromatic rings. The third-order valence-corrected chi connectivity index (χ3v) is 6.67. The number of amides is 1. The average molecular weight is 507 g/mol. The second-order valence-corrected chi connectivity index (χ2v) is 10.2. The number of aryl methyl sites for hydroxylation is 1. The number of aromatic nitrogens is 1. The topological polar surface area (TPSA) is 85.2 Å². The van der Waals surface area contributed by atoms with Gasteiger partial charge in [-0.05, 0) is 48.7 Å². The van der Waals surface area contributed by atoms with Gasteiger partial charge in [0.25, 0.3) is 5.91 Å². The number of hydrogen-bond donors (Lipinski definition) is 1. The van der Waals surface area contributed by atoms with E-state index in [9.17, 15) is 31.2 Å². The van der Waals surface area contributed by atoms with Gasteiger partial charge in [0.15, 0.2) is 9.84 Å². The fourth-order valence-electron chi connectivity index (χ4n) is 3.71. The molecule has 0 saturated heterocycles. The number of nitrogens with one attached hydrogen (secondary N) is 1. The van der Waals surface area contributed by atoms with E-state index >= 15 is 0 Å². The lowest BCUT2D eigenvalue weighted by Gasteiger charge is -2.17. The maximum absolute atomic E-state index is 13.3. The summed E-state index contributed by atoms with van der Waals surface area (Å²) in [6, 6.07) is 10.4. The van der Waals surface area contributed by atoms with Crippen molar-refractivity contribution in [1.29, 1.82) is 0 Å². The van der Waals surface area contributed by atoms with Crippen LogP contribution in [-0.2, 0) is 29.1 Å². The first-order valence-electron chi connectivity index (χ1n) is 10.8. The first kappa shape index (κ1) is 26.2. The van der Waals surface area contributed by atoms with Crippen LogP contribution in [0.15, 0.2) is 64.4 Å². The number of rotatable bonds is 7. The second-order valence-electron chi connectivity index (χ2n) is 8.20. The van der Waals surface area contributed by atoms with E-state index in [2.05, 4.69) is 5.32 Å². The molecule has 10 heteroatoms. The molecule has 0 atom stereocenters. The van der Waals surface area contributed by atoms with Gasteiger partial charge in [0.2, 0.25) is 5.43 Å². The average Bonchev–Trinajstić information content (AvgIpc) is 2.79. The Labute approximate surface area is 201 Å². The summed E-state index contributed by atoms with van der Waals surface area (Å²) < 4.78 is 64.7. The molecule has 0 unspecified atom stereocenters. The van der Waals surface area contributed by atoms with Crippen LogP contribution < -0.4 is 10.7 Å². The van der Waals surface area contributed by atoms with Crippen LogP contribution in [0.1, 0.15) is 40.5 Å². The second kappa shape index (κ2) is 10.1. The van der Waals surface area contributed by atoms with Crippen molar-refractivity contribution in [3.05, 3.63) is 87.3 Å². The molecule has 1 heterocycles. The third-order valence-electron chi connectivity index (χ3n) is 5.54. The predicted octanol–water partition coefficient (Wildman–Crippen LogP) is 4.59. The maximum Gasteiger partial charge on any atom is 0.416 e. The summed E-state index contributed by atoms with van der Waals surface area (Å²) in [7, 11) is -3.36. The molecule has 0 saturated carbocycles. The number of pyridine rings is 1. The van der Waals surface area contributed by atoms with Gasteiger partial charge < -0.3 is 9.88 Å². The van der Waals surface area contributed by atoms with Crippen LogP contribution in [-0.4, -0.2) is 25.1 Å². The van der Waals surface area contributed by atoms with Crippen LogP contribution in [0.2, 0.25) is 0 Å². The van der Waals surface area contributed by atoms with Crippen molar-refractivity contribution in [2.75, 3.05) is 6.26 Å². The summed E-state index contributed by atoms with van der Waals surface area (Å²) in [4.78, 5) is 26.4. The first-order valence-corrected chi connectivity index (χ1v) is 12.7. The van der Waals surface area contributed by atoms with Crippen LogP contribution in [0.25, 0.3) is 11.1 Å². The van der Waals surface area contributed by atoms with E-state index in [0.717, 1.165) is 18.4 Å². The smallest absolute Gasteiger partial charge is 0.350 e. The van der Waals surface area contributed by atoms with E-state index in [0.29, 0.717) is 24.2 Å². The normalized spacial score (nSPS) is 11.9. The fourth-order valence-corrected chi connectivity index (χ4v) is 4.34. The van der Waals surface area contributed by atoms with Gasteiger partial charge in [0.1, 0.15) is 5.56 Å². The van der Waals surface area contributed by atoms with Gasteiger partial charge >= 0.3 is 6.18 Å². The summed E-state index contributed by atoms with van der Waals surface area (Å²) in [6.45, 7) is 4.03. The van der Waals surface area contributed by atoms with Crippen molar-refractivity contribution >= 4 is 15.7 Å². The van der Waals surface area contributed by atoms with Gasteiger partial charge in [-0.15, -0.1) is 0 Å². The predicted molar refractivity (Wildman–Crippen MR) is 127 cm³/mol. The minimum Gasteiger partial charge on any atom is -0.350 e. The molecule has 0 radical (unpaired) electrons. The number of hydrogen-bond acceptors (Lipinski definition) is 4. The molecule has 35 heavy (non-hydrogen) atoms. The number of alkyl halides is 3. The van der Waals surface area contributed by atoms with Gasteiger partial charge in [-0.2, -0.15) is 13.2 Å². The SMILES string of the molecule is CCCn1cc(C(=O)NCc2ccc(S(C)(=O)=O)cc2)c(=O)c(-c2cccc(C(F)(F)F)c2)c1C. The fraction of sp³-hybridized carbons (Fsp3) is 0.280. The van der Waals surface area contributed by atoms with Crippen molar-refractivity contribution in [2.24, 2.45) is 0 Å². The Hall–Kier alpha value is -3.40. The summed E-state index contributed by atoms with van der Waals surface area (Å²) in [5.41, 5.74) is -0.548. The first-order chi connectivity index (χ1) is 16.3. The highest BCUT2D eigenvalue weighted by atomic mass is 32.2. The molecule has 1 amide bonds. The zero-order chi connectivity index (χ0) is 26.0. The number of halogens is 3. The van der Waals surface area contributed by atoms with Gasteiger partial charge in [-0.25, -0.2) is 8.42 Å². The van der Waals surface area contributed by atoms with E-state index < -0.39 is 32.9 Å². The van der Waals surface area contributed by atoms with Crippen molar-refractivity contribution < 1.29 is 26.4 Å². The highest BCUT2D eigenvalue weighted by Crippen LogP contribution is 2.32. The zero-order valence-electron chi connectivity index (χ0n) is 19.4. The largest absolute Gasteiger partial charge is 0.416 e. The monoisotopic (exact) mass is 506 g/mol. The summed E-state index contributed by atoms with van der Waals surface area (Å²) >= 11 is 0. The minimum atomic E-state index is -4.58. The van der Waals surface area contributed by atoms with Crippen molar-refractivity contribution in [1.82, 2.24) is 9.88 Å². The highest BCUT2D eigenvalue weighted by molar-refractivity contribution is 7.90. The van der Waals surface area contributed by atoms with Gasteiger partial charge in [0, 0.05) is 36.8 Å². The molecule has 0 spiro atoms. The number of sulfone groups is 1. The quantitative estimate of drug-likeness (QED) is 0.508. The lowest BCUT2D eigenvalue weighted by atomic mass is 9.98. The Morgan fingerprint density at radius 2 is 1.74 bits per heavy atom.